The zero-order chi connectivity index (χ0) is 41.8. The first-order chi connectivity index (χ1) is 28.9. The maximum Gasteiger partial charge on any atom is 0.261 e. The van der Waals surface area contributed by atoms with Gasteiger partial charge in [-0.25, -0.2) is 9.37 Å². The molecule has 2 aliphatic heterocycles. The summed E-state index contributed by atoms with van der Waals surface area (Å²) in [5, 5.41) is 24.0. The van der Waals surface area contributed by atoms with E-state index in [-0.39, 0.29) is 29.5 Å². The Morgan fingerprint density at radius 2 is 1.68 bits per heavy atom. The number of amides is 1. The van der Waals surface area contributed by atoms with Crippen LogP contribution in [-0.2, 0) is 29.3 Å². The number of hydrogen-bond acceptors (Lipinski definition) is 8. The summed E-state index contributed by atoms with van der Waals surface area (Å²) in [6, 6.07) is 36.1. The standard InChI is InChI=1S/C48H48FN7O3Si/c1-47(2,3)60(35-12-8-6-9-13-35,36-14-10-7-11-15-36)59-43-28-58-29-48(43,4)51-26-32-21-39-40(41(49)22-32)27-56(46(39)57)44-24-34(23-42(53-44)33-17-18-33)37-19-16-31(25-50)20-38(37)45-54-52-30-55(45)5/h6-16,19-24,30,33,43,51H,17-18,26-29H2,1-5H3. The number of fused-ring (bicyclic) bond motifs is 1. The molecule has 1 amide bonds. The van der Waals surface area contributed by atoms with E-state index in [1.165, 1.54) is 16.4 Å². The molecule has 9 rings (SSSR count). The van der Waals surface area contributed by atoms with Gasteiger partial charge in [-0.05, 0) is 88.3 Å². The summed E-state index contributed by atoms with van der Waals surface area (Å²) >= 11 is 0. The molecule has 4 heterocycles. The Morgan fingerprint density at radius 1 is 0.967 bits per heavy atom. The van der Waals surface area contributed by atoms with E-state index in [2.05, 4.69) is 104 Å². The average Bonchev–Trinajstić information content (AvgIpc) is 3.80. The molecular formula is C48H48FN7O3Si. The molecule has 0 radical (unpaired) electrons. The number of anilines is 1. The van der Waals surface area contributed by atoms with E-state index in [9.17, 15) is 10.1 Å². The second-order valence-corrected chi connectivity index (χ2v) is 21.9. The van der Waals surface area contributed by atoms with Gasteiger partial charge in [0.05, 0.1) is 43.0 Å². The van der Waals surface area contributed by atoms with Crippen LogP contribution < -0.4 is 20.6 Å². The van der Waals surface area contributed by atoms with Crippen LogP contribution in [0.1, 0.15) is 79.2 Å². The van der Waals surface area contributed by atoms with Crippen molar-refractivity contribution in [2.45, 2.75) is 76.2 Å². The summed E-state index contributed by atoms with van der Waals surface area (Å²) in [6.45, 7) is 10.1. The van der Waals surface area contributed by atoms with E-state index in [1.54, 1.807) is 23.4 Å². The minimum atomic E-state index is -2.90. The highest BCUT2D eigenvalue weighted by Crippen LogP contribution is 2.44. The lowest BCUT2D eigenvalue weighted by molar-refractivity contribution is 0.0995. The second kappa shape index (κ2) is 15.3. The van der Waals surface area contributed by atoms with E-state index in [1.807, 2.05) is 41.9 Å². The SMILES string of the molecule is Cn1cnnc1-c1cc(C#N)ccc1-c1cc(C2CC2)nc(N2Cc3c(F)cc(CNC4(C)COCC4O[Si](c4ccccc4)(c4ccccc4)C(C)(C)C)cc3C2=O)c1. The molecule has 0 bridgehead atoms. The Bertz CT molecular complexity index is 2600. The fourth-order valence-electron chi connectivity index (χ4n) is 8.90. The van der Waals surface area contributed by atoms with Gasteiger partial charge in [-0.3, -0.25) is 9.69 Å². The fourth-order valence-corrected chi connectivity index (χ4v) is 13.7. The number of rotatable bonds is 11. The molecule has 1 saturated heterocycles. The fraction of sp³-hybridized carbons (Fsp3) is 0.312. The normalized spacial score (nSPS) is 19.1. The lowest BCUT2D eigenvalue weighted by Gasteiger charge is -2.47. The number of aryl methyl sites for hydroxylation is 1. The molecular weight excluding hydrogens is 770 g/mol. The van der Waals surface area contributed by atoms with Crippen molar-refractivity contribution >= 4 is 30.4 Å². The van der Waals surface area contributed by atoms with Gasteiger partial charge in [0.2, 0.25) is 0 Å². The van der Waals surface area contributed by atoms with Gasteiger partial charge >= 0.3 is 0 Å². The van der Waals surface area contributed by atoms with Crippen LogP contribution in [0.5, 0.6) is 0 Å². The molecule has 3 aliphatic rings. The van der Waals surface area contributed by atoms with Gasteiger partial charge in [-0.2, -0.15) is 5.26 Å². The predicted molar refractivity (Wildman–Crippen MR) is 232 cm³/mol. The van der Waals surface area contributed by atoms with Crippen molar-refractivity contribution < 1.29 is 18.3 Å². The Balaban J connectivity index is 0.998. The second-order valence-electron chi connectivity index (χ2n) is 17.6. The largest absolute Gasteiger partial charge is 0.400 e. The molecule has 1 aliphatic carbocycles. The van der Waals surface area contributed by atoms with Crippen molar-refractivity contribution in [1.82, 2.24) is 25.1 Å². The maximum absolute atomic E-state index is 16.2. The molecule has 2 unspecified atom stereocenters. The number of nitriles is 1. The number of carbonyl (C=O) groups is 1. The summed E-state index contributed by atoms with van der Waals surface area (Å²) in [5.74, 6) is 0.624. The molecule has 2 atom stereocenters. The van der Waals surface area contributed by atoms with Gasteiger partial charge in [0, 0.05) is 41.9 Å². The first-order valence-corrected chi connectivity index (χ1v) is 22.4. The first kappa shape index (κ1) is 39.6. The van der Waals surface area contributed by atoms with Crippen LogP contribution in [0.2, 0.25) is 5.04 Å². The molecule has 10 nitrogen and oxygen atoms in total. The summed E-state index contributed by atoms with van der Waals surface area (Å²) in [6.07, 6.45) is 3.33. The van der Waals surface area contributed by atoms with E-state index >= 15 is 4.39 Å². The van der Waals surface area contributed by atoms with Crippen molar-refractivity contribution in [2.75, 3.05) is 18.1 Å². The van der Waals surface area contributed by atoms with Crippen molar-refractivity contribution in [2.24, 2.45) is 7.05 Å². The predicted octanol–water partition coefficient (Wildman–Crippen LogP) is 7.42. The molecule has 2 fully saturated rings. The molecule has 1 N–H and O–H groups in total. The summed E-state index contributed by atoms with van der Waals surface area (Å²) in [5.41, 5.74) is 4.53. The number of pyridine rings is 1. The Morgan fingerprint density at radius 3 is 2.32 bits per heavy atom. The monoisotopic (exact) mass is 817 g/mol. The van der Waals surface area contributed by atoms with E-state index in [4.69, 9.17) is 14.1 Å². The number of nitrogens with one attached hydrogen (secondary N) is 1. The maximum atomic E-state index is 16.2. The number of aromatic nitrogens is 4. The highest BCUT2D eigenvalue weighted by Gasteiger charge is 2.55. The van der Waals surface area contributed by atoms with Crippen molar-refractivity contribution in [1.29, 1.82) is 5.26 Å². The van der Waals surface area contributed by atoms with E-state index in [0.717, 1.165) is 35.2 Å². The zero-order valence-electron chi connectivity index (χ0n) is 34.6. The number of halogens is 1. The van der Waals surface area contributed by atoms with Crippen LogP contribution in [0.25, 0.3) is 22.5 Å². The number of carbonyl (C=O) groups excluding carboxylic acids is 1. The average molecular weight is 818 g/mol. The third kappa shape index (κ3) is 7.05. The van der Waals surface area contributed by atoms with Crippen LogP contribution >= 0.6 is 0 Å². The van der Waals surface area contributed by atoms with Crippen molar-refractivity contribution in [3.05, 3.63) is 143 Å². The van der Waals surface area contributed by atoms with Gasteiger partial charge in [0.15, 0.2) is 5.82 Å². The lowest BCUT2D eigenvalue weighted by Crippen LogP contribution is -2.70. The summed E-state index contributed by atoms with van der Waals surface area (Å²) < 4.78 is 31.7. The van der Waals surface area contributed by atoms with Gasteiger partial charge in [0.25, 0.3) is 14.2 Å². The number of nitrogens with zero attached hydrogens (tertiary/aromatic N) is 6. The molecule has 2 aromatic heterocycles. The number of ether oxygens (including phenoxy) is 1. The third-order valence-electron chi connectivity index (χ3n) is 12.4. The van der Waals surface area contributed by atoms with Gasteiger partial charge in [0.1, 0.15) is 18.0 Å². The Hall–Kier alpha value is -5.84. The Kier molecular flexibility index (Phi) is 10.1. The van der Waals surface area contributed by atoms with E-state index < -0.39 is 19.7 Å². The van der Waals surface area contributed by atoms with Crippen LogP contribution in [0.15, 0.2) is 109 Å². The van der Waals surface area contributed by atoms with Gasteiger partial charge in [-0.1, -0.05) is 87.5 Å². The summed E-state index contributed by atoms with van der Waals surface area (Å²) in [7, 11) is -1.04. The minimum Gasteiger partial charge on any atom is -0.400 e. The molecule has 0 spiro atoms. The third-order valence-corrected chi connectivity index (χ3v) is 17.4. The highest BCUT2D eigenvalue weighted by molar-refractivity contribution is 6.99. The summed E-state index contributed by atoms with van der Waals surface area (Å²) in [4.78, 5) is 20.9. The van der Waals surface area contributed by atoms with Crippen LogP contribution in [0, 0.1) is 17.1 Å². The quantitative estimate of drug-likeness (QED) is 0.134. The topological polar surface area (TPSA) is 118 Å². The molecule has 60 heavy (non-hydrogen) atoms. The van der Waals surface area contributed by atoms with Crippen LogP contribution in [0.4, 0.5) is 10.2 Å². The van der Waals surface area contributed by atoms with Crippen molar-refractivity contribution in [3.8, 4) is 28.6 Å². The van der Waals surface area contributed by atoms with Gasteiger partial charge < -0.3 is 19.0 Å². The molecule has 1 saturated carbocycles. The van der Waals surface area contributed by atoms with Crippen LogP contribution in [-0.4, -0.2) is 58.8 Å². The van der Waals surface area contributed by atoms with Crippen molar-refractivity contribution in [3.63, 3.8) is 0 Å². The molecule has 6 aromatic rings. The highest BCUT2D eigenvalue weighted by atomic mass is 28.4. The first-order valence-electron chi connectivity index (χ1n) is 20.5. The molecule has 304 valence electrons. The minimum absolute atomic E-state index is 0.0672. The molecule has 12 heteroatoms. The lowest BCUT2D eigenvalue weighted by atomic mass is 9.96. The van der Waals surface area contributed by atoms with E-state index in [0.29, 0.717) is 53.7 Å². The van der Waals surface area contributed by atoms with Crippen LogP contribution in [0.3, 0.4) is 0 Å². The number of hydrogen-bond donors (Lipinski definition) is 1. The number of benzene rings is 4. The molecule has 4 aromatic carbocycles. The Labute approximate surface area is 351 Å². The zero-order valence-corrected chi connectivity index (χ0v) is 35.6. The smallest absolute Gasteiger partial charge is 0.261 e. The van der Waals surface area contributed by atoms with Gasteiger partial charge in [-0.15, -0.1) is 10.2 Å².